The lowest BCUT2D eigenvalue weighted by molar-refractivity contribution is -0.136. The fourth-order valence-electron chi connectivity index (χ4n) is 1.42. The summed E-state index contributed by atoms with van der Waals surface area (Å²) in [5.74, 6) is -0.872. The molecule has 16 heavy (non-hydrogen) atoms. The molecule has 0 saturated heterocycles. The summed E-state index contributed by atoms with van der Waals surface area (Å²) in [6.45, 7) is 0.605. The maximum absolute atomic E-state index is 10.5. The highest BCUT2D eigenvalue weighted by Crippen LogP contribution is 2.01. The van der Waals surface area contributed by atoms with E-state index in [9.17, 15) is 4.79 Å². The number of carbonyl (C=O) groups is 1. The van der Waals surface area contributed by atoms with Crippen LogP contribution in [0, 0.1) is 0 Å². The van der Waals surface area contributed by atoms with Crippen molar-refractivity contribution in [2.75, 3.05) is 0 Å². The van der Waals surface area contributed by atoms with Gasteiger partial charge >= 0.3 is 5.97 Å². The first kappa shape index (κ1) is 10.4. The van der Waals surface area contributed by atoms with Crippen molar-refractivity contribution in [2.24, 2.45) is 0 Å². The van der Waals surface area contributed by atoms with Crippen LogP contribution in [0.25, 0.3) is 0 Å². The zero-order chi connectivity index (χ0) is 11.4. The molecule has 0 aliphatic carbocycles. The van der Waals surface area contributed by atoms with Gasteiger partial charge in [0.05, 0.1) is 30.7 Å². The van der Waals surface area contributed by atoms with Crippen molar-refractivity contribution in [1.82, 2.24) is 14.5 Å². The summed E-state index contributed by atoms with van der Waals surface area (Å²) in [5, 5.41) is 8.60. The normalized spacial score (nSPS) is 10.2. The maximum atomic E-state index is 10.5. The van der Waals surface area contributed by atoms with E-state index in [1.807, 2.05) is 22.8 Å². The number of carboxylic acid groups (broad SMARTS) is 1. The molecule has 5 heteroatoms. The SMILES string of the molecule is O=C(O)Cc1cn(Cc2ccccn2)cn1. The smallest absolute Gasteiger partial charge is 0.309 e. The second-order valence-corrected chi connectivity index (χ2v) is 3.43. The number of nitrogens with zero attached hydrogens (tertiary/aromatic N) is 3. The molecule has 0 radical (unpaired) electrons. The van der Waals surface area contributed by atoms with Gasteiger partial charge in [0.2, 0.25) is 0 Å². The van der Waals surface area contributed by atoms with Gasteiger partial charge in [-0.15, -0.1) is 0 Å². The van der Waals surface area contributed by atoms with E-state index in [0.29, 0.717) is 12.2 Å². The molecule has 0 amide bonds. The van der Waals surface area contributed by atoms with Gasteiger partial charge in [-0.1, -0.05) is 6.07 Å². The van der Waals surface area contributed by atoms with Crippen molar-refractivity contribution < 1.29 is 9.90 Å². The molecule has 0 spiro atoms. The Morgan fingerprint density at radius 2 is 2.19 bits per heavy atom. The van der Waals surface area contributed by atoms with Crippen LogP contribution in [0.1, 0.15) is 11.4 Å². The predicted molar refractivity (Wildman–Crippen MR) is 56.9 cm³/mol. The third kappa shape index (κ3) is 2.66. The molecule has 0 atom stereocenters. The van der Waals surface area contributed by atoms with Crippen molar-refractivity contribution in [1.29, 1.82) is 0 Å². The molecule has 2 rings (SSSR count). The average molecular weight is 217 g/mol. The van der Waals surface area contributed by atoms with Crippen molar-refractivity contribution in [2.45, 2.75) is 13.0 Å². The third-order valence-electron chi connectivity index (χ3n) is 2.09. The van der Waals surface area contributed by atoms with Crippen LogP contribution in [0.5, 0.6) is 0 Å². The van der Waals surface area contributed by atoms with Gasteiger partial charge in [0.1, 0.15) is 0 Å². The van der Waals surface area contributed by atoms with E-state index >= 15 is 0 Å². The molecule has 2 aromatic heterocycles. The summed E-state index contributed by atoms with van der Waals surface area (Å²) in [6.07, 6.45) is 5.02. The molecule has 2 aromatic rings. The Labute approximate surface area is 92.4 Å². The van der Waals surface area contributed by atoms with Crippen molar-refractivity contribution >= 4 is 5.97 Å². The van der Waals surface area contributed by atoms with Gasteiger partial charge in [-0.05, 0) is 12.1 Å². The zero-order valence-electron chi connectivity index (χ0n) is 8.58. The van der Waals surface area contributed by atoms with Crippen molar-refractivity contribution in [3.63, 3.8) is 0 Å². The Hall–Kier alpha value is -2.17. The number of hydrogen-bond acceptors (Lipinski definition) is 3. The van der Waals surface area contributed by atoms with Crippen LogP contribution >= 0.6 is 0 Å². The highest BCUT2D eigenvalue weighted by Gasteiger charge is 2.04. The average Bonchev–Trinajstić information content (AvgIpc) is 2.66. The van der Waals surface area contributed by atoms with E-state index in [1.54, 1.807) is 18.7 Å². The van der Waals surface area contributed by atoms with Crippen LogP contribution in [0.4, 0.5) is 0 Å². The summed E-state index contributed by atoms with van der Waals surface area (Å²) < 4.78 is 1.82. The highest BCUT2D eigenvalue weighted by molar-refractivity contribution is 5.69. The number of carboxylic acids is 1. The lowest BCUT2D eigenvalue weighted by Crippen LogP contribution is -2.01. The fourth-order valence-corrected chi connectivity index (χ4v) is 1.42. The van der Waals surface area contributed by atoms with Crippen LogP contribution in [-0.4, -0.2) is 25.6 Å². The third-order valence-corrected chi connectivity index (χ3v) is 2.09. The number of rotatable bonds is 4. The molecular weight excluding hydrogens is 206 g/mol. The molecule has 0 bridgehead atoms. The van der Waals surface area contributed by atoms with E-state index in [4.69, 9.17) is 5.11 Å². The molecule has 0 aliphatic rings. The van der Waals surface area contributed by atoms with Gasteiger partial charge in [-0.25, -0.2) is 4.98 Å². The fraction of sp³-hybridized carbons (Fsp3) is 0.182. The summed E-state index contributed by atoms with van der Waals surface area (Å²) >= 11 is 0. The first-order chi connectivity index (χ1) is 7.74. The van der Waals surface area contributed by atoms with Crippen molar-refractivity contribution in [3.05, 3.63) is 48.3 Å². The Kier molecular flexibility index (Phi) is 2.95. The van der Waals surface area contributed by atoms with E-state index in [0.717, 1.165) is 5.69 Å². The minimum absolute atomic E-state index is 0.0464. The largest absolute Gasteiger partial charge is 0.481 e. The van der Waals surface area contributed by atoms with Gasteiger partial charge < -0.3 is 9.67 Å². The standard InChI is InChI=1S/C11H11N3O2/c15-11(16)5-10-7-14(8-13-10)6-9-3-1-2-4-12-9/h1-4,7-8H,5-6H2,(H,15,16). The van der Waals surface area contributed by atoms with E-state index in [-0.39, 0.29) is 6.42 Å². The lowest BCUT2D eigenvalue weighted by Gasteiger charge is -1.99. The van der Waals surface area contributed by atoms with Crippen LogP contribution in [0.2, 0.25) is 0 Å². The summed E-state index contributed by atoms with van der Waals surface area (Å²) in [4.78, 5) is 18.7. The Morgan fingerprint density at radius 3 is 2.88 bits per heavy atom. The van der Waals surface area contributed by atoms with E-state index in [1.165, 1.54) is 0 Å². The molecule has 82 valence electrons. The molecule has 0 fully saturated rings. The first-order valence-electron chi connectivity index (χ1n) is 4.86. The monoisotopic (exact) mass is 217 g/mol. The quantitative estimate of drug-likeness (QED) is 0.828. The molecule has 0 aromatic carbocycles. The van der Waals surface area contributed by atoms with E-state index < -0.39 is 5.97 Å². The molecule has 0 aliphatic heterocycles. The first-order valence-corrected chi connectivity index (χ1v) is 4.86. The van der Waals surface area contributed by atoms with Crippen LogP contribution in [0.3, 0.4) is 0 Å². The van der Waals surface area contributed by atoms with Gasteiger partial charge in [0.15, 0.2) is 0 Å². The molecule has 5 nitrogen and oxygen atoms in total. The zero-order valence-corrected chi connectivity index (χ0v) is 8.58. The molecule has 2 heterocycles. The topological polar surface area (TPSA) is 68.0 Å². The maximum Gasteiger partial charge on any atom is 0.309 e. The van der Waals surface area contributed by atoms with Crippen LogP contribution < -0.4 is 0 Å². The number of aromatic nitrogens is 3. The predicted octanol–water partition coefficient (Wildman–Crippen LogP) is 0.954. The number of aliphatic carboxylic acids is 1. The number of pyridine rings is 1. The summed E-state index contributed by atoms with van der Waals surface area (Å²) in [7, 11) is 0. The van der Waals surface area contributed by atoms with E-state index in [2.05, 4.69) is 9.97 Å². The number of hydrogen-bond donors (Lipinski definition) is 1. The minimum atomic E-state index is -0.872. The van der Waals surface area contributed by atoms with Crippen molar-refractivity contribution in [3.8, 4) is 0 Å². The van der Waals surface area contributed by atoms with Crippen LogP contribution in [-0.2, 0) is 17.8 Å². The summed E-state index contributed by atoms with van der Waals surface area (Å²) in [5.41, 5.74) is 1.48. The molecule has 0 saturated carbocycles. The van der Waals surface area contributed by atoms with Gasteiger partial charge in [-0.3, -0.25) is 9.78 Å². The van der Waals surface area contributed by atoms with Gasteiger partial charge in [0, 0.05) is 12.4 Å². The Balaban J connectivity index is 2.06. The Bertz CT molecular complexity index is 479. The highest BCUT2D eigenvalue weighted by atomic mass is 16.4. The summed E-state index contributed by atoms with van der Waals surface area (Å²) in [6, 6.07) is 5.68. The molecule has 0 unspecified atom stereocenters. The van der Waals surface area contributed by atoms with Gasteiger partial charge in [0.25, 0.3) is 0 Å². The lowest BCUT2D eigenvalue weighted by atomic mass is 10.3. The van der Waals surface area contributed by atoms with Crippen LogP contribution in [0.15, 0.2) is 36.9 Å². The minimum Gasteiger partial charge on any atom is -0.481 e. The second kappa shape index (κ2) is 4.57. The number of imidazole rings is 1. The molecular formula is C11H11N3O2. The Morgan fingerprint density at radius 1 is 1.31 bits per heavy atom. The molecule has 1 N–H and O–H groups in total. The second-order valence-electron chi connectivity index (χ2n) is 3.43. The van der Waals surface area contributed by atoms with Gasteiger partial charge in [-0.2, -0.15) is 0 Å².